The van der Waals surface area contributed by atoms with Crippen LogP contribution in [-0.2, 0) is 0 Å². The van der Waals surface area contributed by atoms with E-state index in [0.29, 0.717) is 17.3 Å². The average Bonchev–Trinajstić information content (AvgIpc) is 2.79. The van der Waals surface area contributed by atoms with Gasteiger partial charge in [-0.1, -0.05) is 19.3 Å². The molecule has 0 atom stereocenters. The Morgan fingerprint density at radius 1 is 1.33 bits per heavy atom. The molecular formula is C13H15N3O2. The fourth-order valence-corrected chi connectivity index (χ4v) is 2.83. The van der Waals surface area contributed by atoms with Crippen LogP contribution >= 0.6 is 0 Å². The predicted octanol–water partition coefficient (Wildman–Crippen LogP) is 2.63. The number of fused-ring (bicyclic) bond motifs is 1. The van der Waals surface area contributed by atoms with Gasteiger partial charge in [-0.25, -0.2) is 14.8 Å². The molecule has 0 amide bonds. The Hall–Kier alpha value is -1.91. The van der Waals surface area contributed by atoms with Crippen LogP contribution in [0, 0.1) is 0 Å². The number of aromatic carboxylic acids is 1. The molecule has 1 aliphatic carbocycles. The summed E-state index contributed by atoms with van der Waals surface area (Å²) in [5, 5.41) is 10.2. The molecule has 0 aliphatic heterocycles. The van der Waals surface area contributed by atoms with E-state index < -0.39 is 5.97 Å². The molecule has 0 unspecified atom stereocenters. The molecule has 1 aliphatic rings. The maximum Gasteiger partial charge on any atom is 0.354 e. The van der Waals surface area contributed by atoms with Crippen molar-refractivity contribution in [3.8, 4) is 0 Å². The molecular weight excluding hydrogens is 230 g/mol. The first-order valence-electron chi connectivity index (χ1n) is 6.31. The fourth-order valence-electron chi connectivity index (χ4n) is 2.83. The molecule has 0 saturated heterocycles. The Morgan fingerprint density at radius 2 is 2.11 bits per heavy atom. The highest BCUT2D eigenvalue weighted by molar-refractivity contribution is 6.00. The summed E-state index contributed by atoms with van der Waals surface area (Å²) in [6.07, 6.45) is 10.7. The summed E-state index contributed by atoms with van der Waals surface area (Å²) < 4.78 is 1.89. The highest BCUT2D eigenvalue weighted by atomic mass is 16.4. The van der Waals surface area contributed by atoms with Crippen molar-refractivity contribution >= 4 is 16.9 Å². The number of carboxylic acid groups (broad SMARTS) is 1. The Balaban J connectivity index is 2.14. The van der Waals surface area contributed by atoms with Gasteiger partial charge in [-0.3, -0.25) is 0 Å². The van der Waals surface area contributed by atoms with Gasteiger partial charge in [0.1, 0.15) is 11.8 Å². The molecule has 1 N–H and O–H groups in total. The van der Waals surface area contributed by atoms with E-state index in [9.17, 15) is 9.90 Å². The quantitative estimate of drug-likeness (QED) is 0.883. The van der Waals surface area contributed by atoms with Gasteiger partial charge >= 0.3 is 5.97 Å². The summed E-state index contributed by atoms with van der Waals surface area (Å²) in [4.78, 5) is 19.5. The maximum absolute atomic E-state index is 11.5. The molecule has 0 bridgehead atoms. The third-order valence-electron chi connectivity index (χ3n) is 3.67. The van der Waals surface area contributed by atoms with E-state index >= 15 is 0 Å². The zero-order valence-corrected chi connectivity index (χ0v) is 10.0. The molecule has 3 rings (SSSR count). The second-order valence-corrected chi connectivity index (χ2v) is 4.81. The molecule has 0 aromatic carbocycles. The highest BCUT2D eigenvalue weighted by Crippen LogP contribution is 2.32. The first-order chi connectivity index (χ1) is 8.77. The van der Waals surface area contributed by atoms with E-state index in [-0.39, 0.29) is 0 Å². The van der Waals surface area contributed by atoms with Crippen molar-refractivity contribution in [2.45, 2.75) is 38.1 Å². The van der Waals surface area contributed by atoms with Gasteiger partial charge < -0.3 is 9.67 Å². The lowest BCUT2D eigenvalue weighted by molar-refractivity contribution is 0.0683. The van der Waals surface area contributed by atoms with E-state index in [1.807, 2.05) is 10.8 Å². The van der Waals surface area contributed by atoms with Crippen molar-refractivity contribution in [2.75, 3.05) is 0 Å². The lowest BCUT2D eigenvalue weighted by Crippen LogP contribution is -2.17. The monoisotopic (exact) mass is 245 g/mol. The summed E-state index contributed by atoms with van der Waals surface area (Å²) in [5.41, 5.74) is 0.849. The second-order valence-electron chi connectivity index (χ2n) is 4.81. The first kappa shape index (κ1) is 11.2. The number of carbonyl (C=O) groups is 1. The maximum atomic E-state index is 11.5. The minimum atomic E-state index is -0.908. The van der Waals surface area contributed by atoms with E-state index in [2.05, 4.69) is 9.97 Å². The second kappa shape index (κ2) is 4.40. The van der Waals surface area contributed by atoms with Gasteiger partial charge in [-0.15, -0.1) is 0 Å². The smallest absolute Gasteiger partial charge is 0.354 e. The number of nitrogens with zero attached hydrogens (tertiary/aromatic N) is 3. The van der Waals surface area contributed by atoms with Gasteiger partial charge in [0, 0.05) is 23.8 Å². The number of rotatable bonds is 2. The average molecular weight is 245 g/mol. The van der Waals surface area contributed by atoms with Crippen molar-refractivity contribution in [3.05, 3.63) is 24.4 Å². The van der Waals surface area contributed by atoms with Crippen LogP contribution in [0.5, 0.6) is 0 Å². The minimum Gasteiger partial charge on any atom is -0.477 e. The standard InChI is InChI=1S/C13H15N3O2/c17-13(18)12-11-9(6-14-8-15-11)7-16(12)10-4-2-1-3-5-10/h6-8,10H,1-5H2,(H,17,18). The SMILES string of the molecule is O=C(O)c1c2ncncc2cn1C1CCCCC1. The van der Waals surface area contributed by atoms with Gasteiger partial charge in [-0.05, 0) is 12.8 Å². The molecule has 1 saturated carbocycles. The van der Waals surface area contributed by atoms with Gasteiger partial charge in [0.05, 0.1) is 0 Å². The molecule has 5 nitrogen and oxygen atoms in total. The highest BCUT2D eigenvalue weighted by Gasteiger charge is 2.23. The van der Waals surface area contributed by atoms with Gasteiger partial charge in [-0.2, -0.15) is 0 Å². The lowest BCUT2D eigenvalue weighted by Gasteiger charge is -2.24. The number of hydrogen-bond donors (Lipinski definition) is 1. The van der Waals surface area contributed by atoms with Crippen molar-refractivity contribution in [3.63, 3.8) is 0 Å². The van der Waals surface area contributed by atoms with Crippen molar-refractivity contribution in [2.24, 2.45) is 0 Å². The molecule has 94 valence electrons. The van der Waals surface area contributed by atoms with E-state index in [4.69, 9.17) is 0 Å². The Morgan fingerprint density at radius 3 is 2.83 bits per heavy atom. The normalized spacial score (nSPS) is 17.1. The molecule has 1 fully saturated rings. The van der Waals surface area contributed by atoms with E-state index in [1.54, 1.807) is 6.20 Å². The third-order valence-corrected chi connectivity index (χ3v) is 3.67. The third kappa shape index (κ3) is 1.75. The largest absolute Gasteiger partial charge is 0.477 e. The van der Waals surface area contributed by atoms with Crippen molar-refractivity contribution in [1.82, 2.24) is 14.5 Å². The van der Waals surface area contributed by atoms with Crippen molar-refractivity contribution < 1.29 is 9.90 Å². The van der Waals surface area contributed by atoms with Crippen LogP contribution in [0.15, 0.2) is 18.7 Å². The van der Waals surface area contributed by atoms with Crippen LogP contribution in [0.25, 0.3) is 10.9 Å². The first-order valence-corrected chi connectivity index (χ1v) is 6.31. The van der Waals surface area contributed by atoms with Gasteiger partial charge in [0.15, 0.2) is 5.69 Å². The zero-order valence-electron chi connectivity index (χ0n) is 10.0. The van der Waals surface area contributed by atoms with Crippen LogP contribution < -0.4 is 0 Å². The molecule has 0 radical (unpaired) electrons. The summed E-state index contributed by atoms with van der Waals surface area (Å²) >= 11 is 0. The minimum absolute atomic E-state index is 0.291. The van der Waals surface area contributed by atoms with Crippen LogP contribution in [0.2, 0.25) is 0 Å². The van der Waals surface area contributed by atoms with E-state index in [0.717, 1.165) is 18.2 Å². The molecule has 2 heterocycles. The van der Waals surface area contributed by atoms with Gasteiger partial charge in [0.25, 0.3) is 0 Å². The Labute approximate surface area is 104 Å². The van der Waals surface area contributed by atoms with E-state index in [1.165, 1.54) is 25.6 Å². The Kier molecular flexibility index (Phi) is 2.74. The molecule has 18 heavy (non-hydrogen) atoms. The molecule has 5 heteroatoms. The summed E-state index contributed by atoms with van der Waals surface area (Å²) in [7, 11) is 0. The van der Waals surface area contributed by atoms with Crippen molar-refractivity contribution in [1.29, 1.82) is 0 Å². The topological polar surface area (TPSA) is 68.0 Å². The molecule has 2 aromatic heterocycles. The molecule has 2 aromatic rings. The van der Waals surface area contributed by atoms with Crippen LogP contribution in [-0.4, -0.2) is 25.6 Å². The lowest BCUT2D eigenvalue weighted by atomic mass is 9.95. The predicted molar refractivity (Wildman–Crippen MR) is 66.6 cm³/mol. The summed E-state index contributed by atoms with van der Waals surface area (Å²) in [5.74, 6) is -0.908. The Bertz CT molecular complexity index is 585. The number of carboxylic acids is 1. The fraction of sp³-hybridized carbons (Fsp3) is 0.462. The summed E-state index contributed by atoms with van der Waals surface area (Å²) in [6.45, 7) is 0. The van der Waals surface area contributed by atoms with Crippen LogP contribution in [0.4, 0.5) is 0 Å². The summed E-state index contributed by atoms with van der Waals surface area (Å²) in [6, 6.07) is 0.291. The van der Waals surface area contributed by atoms with Crippen LogP contribution in [0.3, 0.4) is 0 Å². The van der Waals surface area contributed by atoms with Crippen LogP contribution in [0.1, 0.15) is 48.6 Å². The molecule has 0 spiro atoms. The number of hydrogen-bond acceptors (Lipinski definition) is 3. The number of aromatic nitrogens is 3. The van der Waals surface area contributed by atoms with Gasteiger partial charge in [0.2, 0.25) is 0 Å². The zero-order chi connectivity index (χ0) is 12.5.